The van der Waals surface area contributed by atoms with E-state index in [4.69, 9.17) is 19.2 Å². The predicted octanol–water partition coefficient (Wildman–Crippen LogP) is 5.09. The van der Waals surface area contributed by atoms with Gasteiger partial charge < -0.3 is 14.2 Å². The molecule has 2 atom stereocenters. The van der Waals surface area contributed by atoms with Gasteiger partial charge in [-0.3, -0.25) is 9.36 Å². The highest BCUT2D eigenvalue weighted by molar-refractivity contribution is 5.79. The Kier molecular flexibility index (Phi) is 5.01. The fourth-order valence-electron chi connectivity index (χ4n) is 5.28. The zero-order valence-corrected chi connectivity index (χ0v) is 19.3. The Morgan fingerprint density at radius 1 is 1.03 bits per heavy atom. The highest BCUT2D eigenvalue weighted by Gasteiger charge is 2.30. The first-order valence-electron chi connectivity index (χ1n) is 11.6. The van der Waals surface area contributed by atoms with Gasteiger partial charge in [-0.2, -0.15) is 0 Å². The number of carbonyl (C=O) groups excluding carboxylic acids is 1. The molecule has 2 aliphatic rings. The lowest BCUT2D eigenvalue weighted by Crippen LogP contribution is -2.09. The maximum Gasteiger partial charge on any atom is 0.306 e. The van der Waals surface area contributed by atoms with Crippen LogP contribution in [0.4, 0.5) is 0 Å². The van der Waals surface area contributed by atoms with Crippen molar-refractivity contribution in [3.8, 4) is 17.2 Å². The van der Waals surface area contributed by atoms with Gasteiger partial charge in [-0.1, -0.05) is 36.4 Å². The van der Waals surface area contributed by atoms with Gasteiger partial charge in [0.15, 0.2) is 0 Å². The molecule has 6 nitrogen and oxygen atoms in total. The normalized spacial score (nSPS) is 18.3. The van der Waals surface area contributed by atoms with Gasteiger partial charge in [-0.15, -0.1) is 0 Å². The molecular formula is C28H26N2O4. The Morgan fingerprint density at radius 2 is 1.88 bits per heavy atom. The zero-order valence-electron chi connectivity index (χ0n) is 19.3. The summed E-state index contributed by atoms with van der Waals surface area (Å²) in [6.07, 6.45) is 1.20. The van der Waals surface area contributed by atoms with E-state index in [-0.39, 0.29) is 17.8 Å². The second kappa shape index (κ2) is 8.20. The zero-order chi connectivity index (χ0) is 23.2. The van der Waals surface area contributed by atoms with Crippen molar-refractivity contribution in [2.45, 2.75) is 31.6 Å². The lowest BCUT2D eigenvalue weighted by Gasteiger charge is -2.13. The van der Waals surface area contributed by atoms with Gasteiger partial charge in [0.25, 0.3) is 0 Å². The quantitative estimate of drug-likeness (QED) is 0.393. The molecule has 0 radical (unpaired) electrons. The number of fused-ring (bicyclic) bond motifs is 3. The minimum Gasteiger partial charge on any atom is -0.493 e. The molecule has 0 fully saturated rings. The highest BCUT2D eigenvalue weighted by Crippen LogP contribution is 2.43. The second-order valence-electron chi connectivity index (χ2n) is 9.05. The topological polar surface area (TPSA) is 62.6 Å². The number of carbonyl (C=O) groups is 1. The lowest BCUT2D eigenvalue weighted by molar-refractivity contribution is -0.141. The molecule has 0 spiro atoms. The molecule has 4 aromatic rings. The molecule has 3 aromatic carbocycles. The van der Waals surface area contributed by atoms with Crippen molar-refractivity contribution >= 4 is 17.0 Å². The number of esters is 1. The minimum atomic E-state index is -0.207. The monoisotopic (exact) mass is 454 g/mol. The molecule has 6 rings (SSSR count). The molecule has 2 aliphatic heterocycles. The average Bonchev–Trinajstić information content (AvgIpc) is 3.54. The molecule has 172 valence electrons. The van der Waals surface area contributed by atoms with Crippen molar-refractivity contribution in [2.24, 2.45) is 0 Å². The summed E-state index contributed by atoms with van der Waals surface area (Å²) in [7, 11) is 1.42. The van der Waals surface area contributed by atoms with Crippen LogP contribution < -0.4 is 9.47 Å². The molecule has 1 unspecified atom stereocenters. The van der Waals surface area contributed by atoms with Crippen LogP contribution in [0.5, 0.6) is 11.5 Å². The molecule has 0 N–H and O–H groups in total. The van der Waals surface area contributed by atoms with Gasteiger partial charge in [0.05, 0.1) is 43.5 Å². The number of hydrogen-bond acceptors (Lipinski definition) is 5. The number of nitrogens with zero attached hydrogens (tertiary/aromatic N) is 2. The number of benzene rings is 3. The van der Waals surface area contributed by atoms with Gasteiger partial charge in [0, 0.05) is 23.0 Å². The molecule has 0 saturated heterocycles. The number of para-hydroxylation sites is 3. The molecule has 3 heterocycles. The fourth-order valence-corrected chi connectivity index (χ4v) is 5.28. The highest BCUT2D eigenvalue weighted by atomic mass is 16.5. The molecule has 6 heteroatoms. The first-order valence-corrected chi connectivity index (χ1v) is 11.6. The van der Waals surface area contributed by atoms with Crippen molar-refractivity contribution in [2.75, 3.05) is 20.3 Å². The van der Waals surface area contributed by atoms with E-state index in [0.717, 1.165) is 46.0 Å². The van der Waals surface area contributed by atoms with E-state index >= 15 is 0 Å². The van der Waals surface area contributed by atoms with Gasteiger partial charge in [-0.05, 0) is 43.2 Å². The Labute approximate surface area is 198 Å². The van der Waals surface area contributed by atoms with Crippen LogP contribution in [-0.2, 0) is 16.0 Å². The summed E-state index contributed by atoms with van der Waals surface area (Å²) in [6.45, 7) is 3.19. The van der Waals surface area contributed by atoms with Crippen molar-refractivity contribution < 1.29 is 19.0 Å². The number of methoxy groups -OCH3 is 1. The van der Waals surface area contributed by atoms with Crippen LogP contribution in [-0.4, -0.2) is 35.8 Å². The number of imidazole rings is 1. The summed E-state index contributed by atoms with van der Waals surface area (Å²) in [5.74, 6) is 2.87. The molecule has 34 heavy (non-hydrogen) atoms. The number of aromatic nitrogens is 2. The van der Waals surface area contributed by atoms with Crippen LogP contribution in [0.3, 0.4) is 0 Å². The summed E-state index contributed by atoms with van der Waals surface area (Å²) < 4.78 is 19.2. The Balaban J connectivity index is 1.28. The Hall–Kier alpha value is -3.80. The third-order valence-corrected chi connectivity index (χ3v) is 6.94. The molecule has 0 aliphatic carbocycles. The van der Waals surface area contributed by atoms with E-state index in [0.29, 0.717) is 19.6 Å². The summed E-state index contributed by atoms with van der Waals surface area (Å²) in [5, 5.41) is 0. The third-order valence-electron chi connectivity index (χ3n) is 6.94. The average molecular weight is 455 g/mol. The summed E-state index contributed by atoms with van der Waals surface area (Å²) in [5.41, 5.74) is 6.61. The summed E-state index contributed by atoms with van der Waals surface area (Å²) in [4.78, 5) is 16.4. The molecule has 0 amide bonds. The van der Waals surface area contributed by atoms with Crippen LogP contribution in [0.2, 0.25) is 0 Å². The van der Waals surface area contributed by atoms with Crippen molar-refractivity contribution in [1.29, 1.82) is 0 Å². The van der Waals surface area contributed by atoms with Gasteiger partial charge >= 0.3 is 5.97 Å². The van der Waals surface area contributed by atoms with E-state index < -0.39 is 0 Å². The number of hydrogen-bond donors (Lipinski definition) is 0. The standard InChI is InChI=1S/C28H26N2O4/c1-17-29-23-7-3-4-8-24(23)30(17)25-9-5-6-22-19(16-34-28(22)25)12-18-10-11-21-20(14-27(31)32-2)15-33-26(21)13-18/h3-11,13,19-20H,12,14-16H2,1-2H3/t19?,20-/m1/s1. The SMILES string of the molecule is COC(=O)C[C@@H]1COc2cc(CC3COc4c3cccc4-n3c(C)nc4ccccc43)ccc21. The van der Waals surface area contributed by atoms with E-state index in [2.05, 4.69) is 47.0 Å². The minimum absolute atomic E-state index is 0.0582. The van der Waals surface area contributed by atoms with E-state index in [9.17, 15) is 4.79 Å². The maximum absolute atomic E-state index is 11.7. The predicted molar refractivity (Wildman–Crippen MR) is 129 cm³/mol. The second-order valence-corrected chi connectivity index (χ2v) is 9.05. The van der Waals surface area contributed by atoms with Crippen LogP contribution in [0.25, 0.3) is 16.7 Å². The van der Waals surface area contributed by atoms with E-state index in [1.54, 1.807) is 0 Å². The third kappa shape index (κ3) is 3.41. The van der Waals surface area contributed by atoms with E-state index in [1.165, 1.54) is 18.2 Å². The first kappa shape index (κ1) is 20.8. The van der Waals surface area contributed by atoms with Crippen molar-refractivity contribution in [3.63, 3.8) is 0 Å². The number of aryl methyl sites for hydroxylation is 1. The van der Waals surface area contributed by atoms with Crippen LogP contribution in [0, 0.1) is 6.92 Å². The number of rotatable bonds is 5. The lowest BCUT2D eigenvalue weighted by atomic mass is 9.91. The summed E-state index contributed by atoms with van der Waals surface area (Å²) in [6, 6.07) is 20.9. The van der Waals surface area contributed by atoms with E-state index in [1.807, 2.05) is 25.1 Å². The van der Waals surface area contributed by atoms with Crippen LogP contribution in [0.15, 0.2) is 60.7 Å². The van der Waals surface area contributed by atoms with Gasteiger partial charge in [0.2, 0.25) is 0 Å². The van der Waals surface area contributed by atoms with Crippen LogP contribution in [0.1, 0.15) is 40.8 Å². The Bertz CT molecular complexity index is 1410. The molecule has 0 saturated carbocycles. The molecular weight excluding hydrogens is 428 g/mol. The fraction of sp³-hybridized carbons (Fsp3) is 0.286. The van der Waals surface area contributed by atoms with Gasteiger partial charge in [-0.25, -0.2) is 4.98 Å². The summed E-state index contributed by atoms with van der Waals surface area (Å²) >= 11 is 0. The maximum atomic E-state index is 11.7. The largest absolute Gasteiger partial charge is 0.493 e. The first-order chi connectivity index (χ1) is 16.6. The van der Waals surface area contributed by atoms with Crippen molar-refractivity contribution in [1.82, 2.24) is 9.55 Å². The Morgan fingerprint density at radius 3 is 2.76 bits per heavy atom. The molecule has 0 bridgehead atoms. The van der Waals surface area contributed by atoms with Crippen LogP contribution >= 0.6 is 0 Å². The molecule has 1 aromatic heterocycles. The number of ether oxygens (including phenoxy) is 3. The smallest absolute Gasteiger partial charge is 0.306 e. The van der Waals surface area contributed by atoms with Crippen molar-refractivity contribution in [3.05, 3.63) is 83.2 Å². The van der Waals surface area contributed by atoms with Gasteiger partial charge in [0.1, 0.15) is 17.3 Å².